The number of rotatable bonds is 7. The first-order valence-electron chi connectivity index (χ1n) is 20.8. The summed E-state index contributed by atoms with van der Waals surface area (Å²) >= 11 is 0. The number of hydrogen-bond donors (Lipinski definition) is 0. The van der Waals surface area contributed by atoms with E-state index in [0.29, 0.717) is 0 Å². The van der Waals surface area contributed by atoms with E-state index in [4.69, 9.17) is 4.42 Å². The SMILES string of the molecule is c1ccc(-c2ccc(N(c3ccc(-c4ccc5ccccc5c4)cc3)c3ccccc3-c3cccc4c3c3ccccc3n4-c3cccc4c3oc3ccccc34)cc2)cc1. The van der Waals surface area contributed by atoms with Crippen molar-refractivity contribution in [2.45, 2.75) is 0 Å². The maximum Gasteiger partial charge on any atom is 0.159 e. The minimum atomic E-state index is 0.884. The zero-order chi connectivity index (χ0) is 40.3. The summed E-state index contributed by atoms with van der Waals surface area (Å²) in [5.41, 5.74) is 15.4. The van der Waals surface area contributed by atoms with Gasteiger partial charge in [-0.15, -0.1) is 0 Å². The van der Waals surface area contributed by atoms with Gasteiger partial charge in [-0.25, -0.2) is 0 Å². The highest BCUT2D eigenvalue weighted by Gasteiger charge is 2.23. The van der Waals surface area contributed by atoms with Crippen molar-refractivity contribution in [1.29, 1.82) is 0 Å². The maximum absolute atomic E-state index is 6.63. The lowest BCUT2D eigenvalue weighted by Gasteiger charge is -2.28. The van der Waals surface area contributed by atoms with E-state index in [2.05, 4.69) is 234 Å². The van der Waals surface area contributed by atoms with Gasteiger partial charge in [0.2, 0.25) is 0 Å². The fourth-order valence-electron chi connectivity index (χ4n) is 9.34. The second kappa shape index (κ2) is 14.3. The minimum absolute atomic E-state index is 0.884. The van der Waals surface area contributed by atoms with Crippen LogP contribution in [0.4, 0.5) is 17.1 Å². The zero-order valence-electron chi connectivity index (χ0n) is 33.2. The number of para-hydroxylation sites is 4. The van der Waals surface area contributed by atoms with E-state index >= 15 is 0 Å². The molecule has 0 aliphatic heterocycles. The van der Waals surface area contributed by atoms with E-state index in [-0.39, 0.29) is 0 Å². The highest BCUT2D eigenvalue weighted by atomic mass is 16.3. The smallest absolute Gasteiger partial charge is 0.159 e. The number of nitrogens with zero attached hydrogens (tertiary/aromatic N) is 2. The van der Waals surface area contributed by atoms with Gasteiger partial charge in [0.15, 0.2) is 5.58 Å². The molecular formula is C58H38N2O. The standard InChI is InChI=1S/C58H38N2O/c1-2-14-39(15-3-1)41-30-34-45(35-31-41)59(46-36-32-42(33-37-46)44-29-28-40-16-4-5-17-43(40)38-44)52-23-9-6-18-47(52)49-21-12-25-54-57(49)51-20-7-10-24-53(51)60(54)55-26-13-22-50-48-19-8-11-27-56(48)61-58(50)55/h1-38H. The Hall–Kier alpha value is -8.14. The maximum atomic E-state index is 6.63. The summed E-state index contributed by atoms with van der Waals surface area (Å²) in [6.07, 6.45) is 0. The summed E-state index contributed by atoms with van der Waals surface area (Å²) in [5, 5.41) is 7.11. The van der Waals surface area contributed by atoms with Crippen molar-refractivity contribution >= 4 is 71.6 Å². The topological polar surface area (TPSA) is 21.3 Å². The molecule has 0 unspecified atom stereocenters. The fourth-order valence-corrected chi connectivity index (χ4v) is 9.34. The Kier molecular flexibility index (Phi) is 8.17. The van der Waals surface area contributed by atoms with Crippen LogP contribution < -0.4 is 4.90 Å². The molecule has 0 fully saturated rings. The third-order valence-corrected chi connectivity index (χ3v) is 12.2. The first-order valence-corrected chi connectivity index (χ1v) is 20.8. The second-order valence-electron chi connectivity index (χ2n) is 15.7. The average Bonchev–Trinajstić information content (AvgIpc) is 3.89. The molecule has 12 rings (SSSR count). The van der Waals surface area contributed by atoms with Gasteiger partial charge in [0.1, 0.15) is 5.58 Å². The van der Waals surface area contributed by atoms with Gasteiger partial charge in [0.25, 0.3) is 0 Å². The van der Waals surface area contributed by atoms with Crippen LogP contribution in [-0.2, 0) is 0 Å². The van der Waals surface area contributed by atoms with Crippen molar-refractivity contribution in [2.24, 2.45) is 0 Å². The number of benzene rings is 10. The molecule has 2 aromatic heterocycles. The summed E-state index contributed by atoms with van der Waals surface area (Å²) in [6, 6.07) is 82.9. The first-order chi connectivity index (χ1) is 30.3. The molecule has 10 aromatic carbocycles. The molecule has 0 saturated heterocycles. The third kappa shape index (κ3) is 5.82. The lowest BCUT2D eigenvalue weighted by Crippen LogP contribution is -2.11. The van der Waals surface area contributed by atoms with Crippen LogP contribution in [0, 0.1) is 0 Å². The van der Waals surface area contributed by atoms with Crippen LogP contribution in [0.25, 0.3) is 93.6 Å². The van der Waals surface area contributed by atoms with E-state index in [1.165, 1.54) is 49.4 Å². The lowest BCUT2D eigenvalue weighted by molar-refractivity contribution is 0.666. The van der Waals surface area contributed by atoms with Crippen LogP contribution >= 0.6 is 0 Å². The van der Waals surface area contributed by atoms with E-state index in [1.54, 1.807) is 0 Å². The molecule has 0 atom stereocenters. The van der Waals surface area contributed by atoms with E-state index in [0.717, 1.165) is 61.3 Å². The highest BCUT2D eigenvalue weighted by Crippen LogP contribution is 2.46. The summed E-state index contributed by atoms with van der Waals surface area (Å²) in [4.78, 5) is 2.40. The number of fused-ring (bicyclic) bond motifs is 7. The van der Waals surface area contributed by atoms with Crippen molar-refractivity contribution in [3.8, 4) is 39.1 Å². The van der Waals surface area contributed by atoms with Crippen molar-refractivity contribution in [2.75, 3.05) is 4.90 Å². The third-order valence-electron chi connectivity index (χ3n) is 12.2. The monoisotopic (exact) mass is 778 g/mol. The van der Waals surface area contributed by atoms with Gasteiger partial charge in [0, 0.05) is 38.5 Å². The average molecular weight is 779 g/mol. The normalized spacial score (nSPS) is 11.6. The van der Waals surface area contributed by atoms with Crippen molar-refractivity contribution in [3.63, 3.8) is 0 Å². The van der Waals surface area contributed by atoms with Gasteiger partial charge < -0.3 is 13.9 Å². The molecule has 0 spiro atoms. The molecule has 3 nitrogen and oxygen atoms in total. The molecule has 12 aromatic rings. The molecule has 0 aliphatic carbocycles. The number of hydrogen-bond acceptors (Lipinski definition) is 2. The summed E-state index contributed by atoms with van der Waals surface area (Å²) < 4.78 is 9.02. The van der Waals surface area contributed by atoms with Gasteiger partial charge in [0.05, 0.1) is 22.4 Å². The Morgan fingerprint density at radius 1 is 0.361 bits per heavy atom. The quantitative estimate of drug-likeness (QED) is 0.161. The Bertz CT molecular complexity index is 3580. The van der Waals surface area contributed by atoms with Crippen LogP contribution in [0.1, 0.15) is 0 Å². The summed E-state index contributed by atoms with van der Waals surface area (Å²) in [5.74, 6) is 0. The number of furan rings is 1. The van der Waals surface area contributed by atoms with Crippen molar-refractivity contribution < 1.29 is 4.42 Å². The van der Waals surface area contributed by atoms with Gasteiger partial charge in [-0.3, -0.25) is 0 Å². The van der Waals surface area contributed by atoms with Crippen LogP contribution in [0.2, 0.25) is 0 Å². The largest absolute Gasteiger partial charge is 0.454 e. The molecule has 3 heteroatoms. The molecule has 61 heavy (non-hydrogen) atoms. The number of anilines is 3. The van der Waals surface area contributed by atoms with E-state index in [9.17, 15) is 0 Å². The zero-order valence-corrected chi connectivity index (χ0v) is 33.2. The molecule has 0 N–H and O–H groups in total. The molecular weight excluding hydrogens is 741 g/mol. The summed E-state index contributed by atoms with van der Waals surface area (Å²) in [6.45, 7) is 0. The molecule has 286 valence electrons. The summed E-state index contributed by atoms with van der Waals surface area (Å²) in [7, 11) is 0. The van der Waals surface area contributed by atoms with E-state index < -0.39 is 0 Å². The van der Waals surface area contributed by atoms with Crippen molar-refractivity contribution in [1.82, 2.24) is 4.57 Å². The lowest BCUT2D eigenvalue weighted by atomic mass is 9.96. The Morgan fingerprint density at radius 2 is 0.934 bits per heavy atom. The molecule has 0 bridgehead atoms. The Labute approximate surface area is 353 Å². The van der Waals surface area contributed by atoms with Crippen molar-refractivity contribution in [3.05, 3.63) is 231 Å². The van der Waals surface area contributed by atoms with Gasteiger partial charge in [-0.1, -0.05) is 170 Å². The predicted molar refractivity (Wildman–Crippen MR) is 257 cm³/mol. The molecule has 2 heterocycles. The Balaban J connectivity index is 1.05. The van der Waals surface area contributed by atoms with Crippen LogP contribution in [0.15, 0.2) is 235 Å². The fraction of sp³-hybridized carbons (Fsp3) is 0. The predicted octanol–water partition coefficient (Wildman–Crippen LogP) is 16.3. The molecule has 0 radical (unpaired) electrons. The van der Waals surface area contributed by atoms with Gasteiger partial charge in [-0.2, -0.15) is 0 Å². The number of aromatic nitrogens is 1. The van der Waals surface area contributed by atoms with Gasteiger partial charge in [-0.05, 0) is 99.3 Å². The van der Waals surface area contributed by atoms with Crippen LogP contribution in [0.3, 0.4) is 0 Å². The highest BCUT2D eigenvalue weighted by molar-refractivity contribution is 6.18. The first kappa shape index (κ1) is 34.9. The van der Waals surface area contributed by atoms with Crippen LogP contribution in [-0.4, -0.2) is 4.57 Å². The minimum Gasteiger partial charge on any atom is -0.454 e. The molecule has 0 amide bonds. The van der Waals surface area contributed by atoms with Crippen LogP contribution in [0.5, 0.6) is 0 Å². The second-order valence-corrected chi connectivity index (χ2v) is 15.7. The van der Waals surface area contributed by atoms with Gasteiger partial charge >= 0.3 is 0 Å². The molecule has 0 aliphatic rings. The Morgan fingerprint density at radius 3 is 1.75 bits per heavy atom. The molecule has 0 saturated carbocycles. The van der Waals surface area contributed by atoms with E-state index in [1.807, 2.05) is 6.07 Å².